The highest BCUT2D eigenvalue weighted by Crippen LogP contribution is 2.13. The largest absolute Gasteiger partial charge is 0.399 e. The zero-order chi connectivity index (χ0) is 13.1. The Bertz CT molecular complexity index is 557. The molecule has 1 amide bonds. The Morgan fingerprint density at radius 1 is 1.39 bits per heavy atom. The summed E-state index contributed by atoms with van der Waals surface area (Å²) >= 11 is 1.58. The molecule has 2 aromatic rings. The third kappa shape index (κ3) is 3.07. The van der Waals surface area contributed by atoms with Crippen LogP contribution in [0.3, 0.4) is 0 Å². The first-order valence-corrected chi connectivity index (χ1v) is 6.43. The smallest absolute Gasteiger partial charge is 0.251 e. The van der Waals surface area contributed by atoms with Crippen LogP contribution in [-0.4, -0.2) is 10.9 Å². The highest BCUT2D eigenvalue weighted by Gasteiger charge is 2.07. The van der Waals surface area contributed by atoms with Crippen molar-refractivity contribution in [1.82, 2.24) is 10.3 Å². The van der Waals surface area contributed by atoms with Crippen LogP contribution in [0.2, 0.25) is 0 Å². The van der Waals surface area contributed by atoms with Crippen molar-refractivity contribution in [3.8, 4) is 0 Å². The number of nitrogens with zero attached hydrogens (tertiary/aromatic N) is 1. The quantitative estimate of drug-likeness (QED) is 0.833. The summed E-state index contributed by atoms with van der Waals surface area (Å²) in [5, 5.41) is 3.86. The number of rotatable bonds is 3. The van der Waals surface area contributed by atoms with Crippen molar-refractivity contribution in [2.45, 2.75) is 20.4 Å². The van der Waals surface area contributed by atoms with E-state index in [1.807, 2.05) is 26.0 Å². The van der Waals surface area contributed by atoms with Crippen LogP contribution < -0.4 is 11.1 Å². The molecule has 0 atom stereocenters. The molecule has 0 saturated carbocycles. The first-order valence-electron chi connectivity index (χ1n) is 5.61. The molecule has 0 aliphatic heterocycles. The van der Waals surface area contributed by atoms with E-state index in [1.165, 1.54) is 0 Å². The molecule has 1 aromatic heterocycles. The SMILES string of the molecule is Cc1cc(N)cc(C(=O)NCc2cnc(C)s2)c1. The van der Waals surface area contributed by atoms with Gasteiger partial charge in [0.15, 0.2) is 0 Å². The first-order chi connectivity index (χ1) is 8.54. The average molecular weight is 261 g/mol. The summed E-state index contributed by atoms with van der Waals surface area (Å²) in [6.45, 7) is 4.36. The minimum Gasteiger partial charge on any atom is -0.399 e. The first kappa shape index (κ1) is 12.6. The van der Waals surface area contributed by atoms with E-state index in [9.17, 15) is 4.79 Å². The molecule has 0 spiro atoms. The number of nitrogens with one attached hydrogen (secondary N) is 1. The Kier molecular flexibility index (Phi) is 3.62. The third-order valence-electron chi connectivity index (χ3n) is 2.45. The number of hydrogen-bond acceptors (Lipinski definition) is 4. The lowest BCUT2D eigenvalue weighted by molar-refractivity contribution is 0.0951. The molecule has 3 N–H and O–H groups in total. The fraction of sp³-hybridized carbons (Fsp3) is 0.231. The monoisotopic (exact) mass is 261 g/mol. The molecule has 0 saturated heterocycles. The number of carbonyl (C=O) groups excluding carboxylic acids is 1. The van der Waals surface area contributed by atoms with Crippen LogP contribution in [-0.2, 0) is 6.54 Å². The maximum Gasteiger partial charge on any atom is 0.251 e. The molecule has 4 nitrogen and oxygen atoms in total. The molecule has 0 fully saturated rings. The number of thiazole rings is 1. The van der Waals surface area contributed by atoms with Crippen LogP contribution >= 0.6 is 11.3 Å². The lowest BCUT2D eigenvalue weighted by Gasteiger charge is -2.05. The van der Waals surface area contributed by atoms with Crippen molar-refractivity contribution in [3.63, 3.8) is 0 Å². The molecule has 1 heterocycles. The normalized spacial score (nSPS) is 10.3. The van der Waals surface area contributed by atoms with Gasteiger partial charge in [-0.15, -0.1) is 11.3 Å². The zero-order valence-corrected chi connectivity index (χ0v) is 11.2. The van der Waals surface area contributed by atoms with Gasteiger partial charge in [-0.05, 0) is 37.6 Å². The molecule has 0 bridgehead atoms. The Balaban J connectivity index is 2.03. The number of amides is 1. The fourth-order valence-electron chi connectivity index (χ4n) is 1.70. The number of hydrogen-bond donors (Lipinski definition) is 2. The molecule has 0 unspecified atom stereocenters. The van der Waals surface area contributed by atoms with Crippen molar-refractivity contribution in [1.29, 1.82) is 0 Å². The summed E-state index contributed by atoms with van der Waals surface area (Å²) in [5.41, 5.74) is 7.90. The van der Waals surface area contributed by atoms with Gasteiger partial charge in [0, 0.05) is 22.3 Å². The van der Waals surface area contributed by atoms with E-state index in [0.29, 0.717) is 17.8 Å². The Morgan fingerprint density at radius 2 is 2.17 bits per heavy atom. The third-order valence-corrected chi connectivity index (χ3v) is 3.37. The Labute approximate surface area is 110 Å². The summed E-state index contributed by atoms with van der Waals surface area (Å²) < 4.78 is 0. The molecule has 18 heavy (non-hydrogen) atoms. The number of aromatic nitrogens is 1. The highest BCUT2D eigenvalue weighted by molar-refractivity contribution is 7.11. The molecular formula is C13H15N3OS. The Morgan fingerprint density at radius 3 is 2.78 bits per heavy atom. The fourth-order valence-corrected chi connectivity index (χ4v) is 2.43. The van der Waals surface area contributed by atoms with Crippen molar-refractivity contribution in [3.05, 3.63) is 45.4 Å². The maximum atomic E-state index is 11.9. The van der Waals surface area contributed by atoms with Crippen LogP contribution in [0, 0.1) is 13.8 Å². The van der Waals surface area contributed by atoms with E-state index >= 15 is 0 Å². The van der Waals surface area contributed by atoms with Gasteiger partial charge in [0.1, 0.15) is 0 Å². The van der Waals surface area contributed by atoms with E-state index in [2.05, 4.69) is 10.3 Å². The lowest BCUT2D eigenvalue weighted by Crippen LogP contribution is -2.22. The Hall–Kier alpha value is -1.88. The van der Waals surface area contributed by atoms with Gasteiger partial charge >= 0.3 is 0 Å². The minimum atomic E-state index is -0.114. The van der Waals surface area contributed by atoms with Gasteiger partial charge in [0.2, 0.25) is 0 Å². The van der Waals surface area contributed by atoms with Crippen molar-refractivity contribution < 1.29 is 4.79 Å². The number of anilines is 1. The van der Waals surface area contributed by atoms with Crippen molar-refractivity contribution in [2.75, 3.05) is 5.73 Å². The number of aryl methyl sites for hydroxylation is 2. The van der Waals surface area contributed by atoms with Crippen LogP contribution in [0.1, 0.15) is 25.8 Å². The van der Waals surface area contributed by atoms with Gasteiger partial charge in [-0.1, -0.05) is 0 Å². The van der Waals surface area contributed by atoms with Crippen LogP contribution in [0.4, 0.5) is 5.69 Å². The topological polar surface area (TPSA) is 68.0 Å². The van der Waals surface area contributed by atoms with Crippen LogP contribution in [0.5, 0.6) is 0 Å². The van der Waals surface area contributed by atoms with Crippen molar-refractivity contribution >= 4 is 22.9 Å². The van der Waals surface area contributed by atoms with Gasteiger partial charge in [0.25, 0.3) is 5.91 Å². The second-order valence-corrected chi connectivity index (χ2v) is 5.48. The predicted molar refractivity (Wildman–Crippen MR) is 73.6 cm³/mol. The maximum absolute atomic E-state index is 11.9. The van der Waals surface area contributed by atoms with Crippen LogP contribution in [0.25, 0.3) is 0 Å². The van der Waals surface area contributed by atoms with Gasteiger partial charge < -0.3 is 11.1 Å². The van der Waals surface area contributed by atoms with Crippen molar-refractivity contribution in [2.24, 2.45) is 0 Å². The number of nitrogens with two attached hydrogens (primary N) is 1. The number of nitrogen functional groups attached to an aromatic ring is 1. The van der Waals surface area contributed by atoms with E-state index in [0.717, 1.165) is 15.4 Å². The summed E-state index contributed by atoms with van der Waals surface area (Å²) in [7, 11) is 0. The van der Waals surface area contributed by atoms with Gasteiger partial charge in [0.05, 0.1) is 11.6 Å². The zero-order valence-electron chi connectivity index (χ0n) is 10.4. The molecule has 1 aromatic carbocycles. The van der Waals surface area contributed by atoms with Gasteiger partial charge in [-0.3, -0.25) is 4.79 Å². The second-order valence-electron chi connectivity index (χ2n) is 4.16. The van der Waals surface area contributed by atoms with Gasteiger partial charge in [-0.25, -0.2) is 4.98 Å². The molecule has 2 rings (SSSR count). The predicted octanol–water partition coefficient (Wildman–Crippen LogP) is 2.27. The second kappa shape index (κ2) is 5.18. The molecule has 0 aliphatic carbocycles. The summed E-state index contributed by atoms with van der Waals surface area (Å²) in [6, 6.07) is 5.34. The summed E-state index contributed by atoms with van der Waals surface area (Å²) in [6.07, 6.45) is 1.78. The molecule has 94 valence electrons. The van der Waals surface area contributed by atoms with E-state index in [-0.39, 0.29) is 5.91 Å². The van der Waals surface area contributed by atoms with E-state index in [4.69, 9.17) is 5.73 Å². The molecular weight excluding hydrogens is 246 g/mol. The highest BCUT2D eigenvalue weighted by atomic mass is 32.1. The molecule has 5 heteroatoms. The standard InChI is InChI=1S/C13H15N3OS/c1-8-3-10(5-11(14)4-8)13(17)16-7-12-6-15-9(2)18-12/h3-6H,7,14H2,1-2H3,(H,16,17). The average Bonchev–Trinajstić information content (AvgIpc) is 2.70. The summed E-state index contributed by atoms with van der Waals surface area (Å²) in [5.74, 6) is -0.114. The number of benzene rings is 1. The number of carbonyl (C=O) groups is 1. The summed E-state index contributed by atoms with van der Waals surface area (Å²) in [4.78, 5) is 17.1. The minimum absolute atomic E-state index is 0.114. The lowest BCUT2D eigenvalue weighted by atomic mass is 10.1. The van der Waals surface area contributed by atoms with E-state index < -0.39 is 0 Å². The molecule has 0 radical (unpaired) electrons. The van der Waals surface area contributed by atoms with Gasteiger partial charge in [-0.2, -0.15) is 0 Å². The van der Waals surface area contributed by atoms with E-state index in [1.54, 1.807) is 23.6 Å². The molecule has 0 aliphatic rings. The van der Waals surface area contributed by atoms with Crippen LogP contribution in [0.15, 0.2) is 24.4 Å².